The van der Waals surface area contributed by atoms with Crippen LogP contribution in [0, 0.1) is 16.7 Å². The van der Waals surface area contributed by atoms with E-state index in [9.17, 15) is 4.79 Å². The van der Waals surface area contributed by atoms with Crippen LogP contribution in [0.5, 0.6) is 0 Å². The van der Waals surface area contributed by atoms with E-state index in [4.69, 9.17) is 5.26 Å². The van der Waals surface area contributed by atoms with Gasteiger partial charge < -0.3 is 0 Å². The second-order valence-electron chi connectivity index (χ2n) is 3.93. The molecule has 0 radical (unpaired) electrons. The maximum Gasteiger partial charge on any atom is 0.153 e. The van der Waals surface area contributed by atoms with Crippen molar-refractivity contribution >= 4 is 5.78 Å². The number of rotatable bonds is 3. The van der Waals surface area contributed by atoms with Gasteiger partial charge >= 0.3 is 0 Å². The van der Waals surface area contributed by atoms with E-state index < -0.39 is 5.41 Å². The summed E-state index contributed by atoms with van der Waals surface area (Å²) < 4.78 is 0. The molecule has 2 heteroatoms. The summed E-state index contributed by atoms with van der Waals surface area (Å²) in [6.07, 6.45) is 6.28. The Kier molecular flexibility index (Phi) is 3.48. The van der Waals surface area contributed by atoms with Gasteiger partial charge in [0.1, 0.15) is 5.41 Å². The van der Waals surface area contributed by atoms with Gasteiger partial charge in [-0.2, -0.15) is 5.26 Å². The summed E-state index contributed by atoms with van der Waals surface area (Å²) in [5, 5.41) is 9.07. The van der Waals surface area contributed by atoms with E-state index in [0.717, 1.165) is 38.5 Å². The van der Waals surface area contributed by atoms with Gasteiger partial charge in [0, 0.05) is 6.42 Å². The standard InChI is InChI=1S/C11H17NO/c1-2-3-7-11(9-12)8-5-4-6-10(11)13/h2-8H2,1H3/t11-/m0/s1. The lowest BCUT2D eigenvalue weighted by atomic mass is 9.71. The normalized spacial score (nSPS) is 28.5. The number of hydrogen-bond donors (Lipinski definition) is 0. The Morgan fingerprint density at radius 1 is 1.54 bits per heavy atom. The lowest BCUT2D eigenvalue weighted by Crippen LogP contribution is -2.32. The molecule has 0 aromatic heterocycles. The number of carbonyl (C=O) groups excluding carboxylic acids is 1. The number of nitriles is 1. The van der Waals surface area contributed by atoms with Crippen LogP contribution in [-0.4, -0.2) is 5.78 Å². The molecule has 0 saturated heterocycles. The van der Waals surface area contributed by atoms with Crippen molar-refractivity contribution in [3.63, 3.8) is 0 Å². The molecule has 2 nitrogen and oxygen atoms in total. The van der Waals surface area contributed by atoms with Crippen LogP contribution >= 0.6 is 0 Å². The predicted octanol–water partition coefficient (Wildman–Crippen LogP) is 2.83. The first-order valence-electron chi connectivity index (χ1n) is 5.20. The molecule has 0 bridgehead atoms. The quantitative estimate of drug-likeness (QED) is 0.668. The van der Waals surface area contributed by atoms with Gasteiger partial charge in [-0.25, -0.2) is 0 Å². The predicted molar refractivity (Wildman–Crippen MR) is 51.0 cm³/mol. The molecule has 1 aliphatic rings. The summed E-state index contributed by atoms with van der Waals surface area (Å²) in [5.41, 5.74) is -0.603. The zero-order valence-corrected chi connectivity index (χ0v) is 8.31. The minimum Gasteiger partial charge on any atom is -0.298 e. The van der Waals surface area contributed by atoms with Crippen LogP contribution in [0.3, 0.4) is 0 Å². The molecule has 1 aliphatic carbocycles. The molecule has 0 amide bonds. The molecule has 0 spiro atoms. The topological polar surface area (TPSA) is 40.9 Å². The Balaban J connectivity index is 2.66. The monoisotopic (exact) mass is 179 g/mol. The maximum atomic E-state index is 11.6. The van der Waals surface area contributed by atoms with Gasteiger partial charge in [-0.3, -0.25) is 4.79 Å². The van der Waals surface area contributed by atoms with E-state index in [0.29, 0.717) is 6.42 Å². The smallest absolute Gasteiger partial charge is 0.153 e. The van der Waals surface area contributed by atoms with E-state index >= 15 is 0 Å². The third-order valence-corrected chi connectivity index (χ3v) is 2.96. The summed E-state index contributed by atoms with van der Waals surface area (Å²) in [7, 11) is 0. The van der Waals surface area contributed by atoms with E-state index in [-0.39, 0.29) is 5.78 Å². The van der Waals surface area contributed by atoms with Crippen LogP contribution in [0.2, 0.25) is 0 Å². The summed E-state index contributed by atoms with van der Waals surface area (Å²) in [4.78, 5) is 11.6. The Bertz CT molecular complexity index is 229. The van der Waals surface area contributed by atoms with E-state index in [1.807, 2.05) is 0 Å². The Morgan fingerprint density at radius 3 is 2.85 bits per heavy atom. The first kappa shape index (κ1) is 10.2. The zero-order valence-electron chi connectivity index (χ0n) is 8.31. The summed E-state index contributed by atoms with van der Waals surface area (Å²) >= 11 is 0. The zero-order chi connectivity index (χ0) is 9.73. The lowest BCUT2D eigenvalue weighted by Gasteiger charge is -2.28. The van der Waals surface area contributed by atoms with E-state index in [2.05, 4.69) is 13.0 Å². The molecule has 1 rings (SSSR count). The fraction of sp³-hybridized carbons (Fsp3) is 0.818. The number of nitrogens with zero attached hydrogens (tertiary/aromatic N) is 1. The summed E-state index contributed by atoms with van der Waals surface area (Å²) in [6, 6.07) is 2.25. The fourth-order valence-corrected chi connectivity index (χ4v) is 2.01. The Hall–Kier alpha value is -0.840. The Morgan fingerprint density at radius 2 is 2.31 bits per heavy atom. The fourth-order valence-electron chi connectivity index (χ4n) is 2.01. The third-order valence-electron chi connectivity index (χ3n) is 2.96. The second-order valence-corrected chi connectivity index (χ2v) is 3.93. The summed E-state index contributed by atoms with van der Waals surface area (Å²) in [6.45, 7) is 2.10. The third kappa shape index (κ3) is 2.09. The van der Waals surface area contributed by atoms with Gasteiger partial charge in [0.15, 0.2) is 5.78 Å². The highest BCUT2D eigenvalue weighted by Crippen LogP contribution is 2.37. The average molecular weight is 179 g/mol. The van der Waals surface area contributed by atoms with Crippen molar-refractivity contribution in [1.82, 2.24) is 0 Å². The highest BCUT2D eigenvalue weighted by Gasteiger charge is 2.39. The number of carbonyl (C=O) groups is 1. The molecule has 0 N–H and O–H groups in total. The van der Waals surface area contributed by atoms with Crippen LogP contribution in [0.15, 0.2) is 0 Å². The maximum absolute atomic E-state index is 11.6. The van der Waals surface area contributed by atoms with Gasteiger partial charge in [-0.05, 0) is 19.3 Å². The first-order valence-corrected chi connectivity index (χ1v) is 5.20. The van der Waals surface area contributed by atoms with E-state index in [1.165, 1.54) is 0 Å². The molecule has 1 atom stereocenters. The van der Waals surface area contributed by atoms with Crippen LogP contribution in [0.1, 0.15) is 51.9 Å². The first-order chi connectivity index (χ1) is 6.25. The number of hydrogen-bond acceptors (Lipinski definition) is 2. The molecule has 0 aromatic carbocycles. The second kappa shape index (κ2) is 4.41. The molecule has 1 fully saturated rings. The van der Waals surface area contributed by atoms with Crippen LogP contribution in [0.4, 0.5) is 0 Å². The molecule has 13 heavy (non-hydrogen) atoms. The molecule has 0 heterocycles. The molecular formula is C11H17NO. The van der Waals surface area contributed by atoms with Crippen LogP contribution in [-0.2, 0) is 4.79 Å². The highest BCUT2D eigenvalue weighted by atomic mass is 16.1. The molecule has 0 unspecified atom stereocenters. The number of ketones is 1. The summed E-state index contributed by atoms with van der Waals surface area (Å²) in [5.74, 6) is 0.190. The SMILES string of the molecule is CCCC[C@@]1(C#N)CCCCC1=O. The van der Waals surface area contributed by atoms with Gasteiger partial charge in [0.05, 0.1) is 6.07 Å². The van der Waals surface area contributed by atoms with Crippen molar-refractivity contribution in [3.8, 4) is 6.07 Å². The molecular weight excluding hydrogens is 162 g/mol. The van der Waals surface area contributed by atoms with Crippen molar-refractivity contribution in [2.75, 3.05) is 0 Å². The highest BCUT2D eigenvalue weighted by molar-refractivity contribution is 5.88. The van der Waals surface area contributed by atoms with Crippen molar-refractivity contribution in [3.05, 3.63) is 0 Å². The molecule has 0 aliphatic heterocycles. The molecule has 72 valence electrons. The van der Waals surface area contributed by atoms with Crippen molar-refractivity contribution < 1.29 is 4.79 Å². The number of unbranched alkanes of at least 4 members (excludes halogenated alkanes) is 1. The minimum atomic E-state index is -0.603. The van der Waals surface area contributed by atoms with Gasteiger partial charge in [0.2, 0.25) is 0 Å². The van der Waals surface area contributed by atoms with Crippen molar-refractivity contribution in [1.29, 1.82) is 5.26 Å². The van der Waals surface area contributed by atoms with Crippen LogP contribution < -0.4 is 0 Å². The Labute approximate surface area is 79.9 Å². The van der Waals surface area contributed by atoms with Crippen molar-refractivity contribution in [2.45, 2.75) is 51.9 Å². The number of Topliss-reactive ketones (excluding diaryl/α,β-unsaturated/α-hetero) is 1. The largest absolute Gasteiger partial charge is 0.298 e. The molecule has 1 saturated carbocycles. The van der Waals surface area contributed by atoms with Gasteiger partial charge in [-0.15, -0.1) is 0 Å². The van der Waals surface area contributed by atoms with Gasteiger partial charge in [-0.1, -0.05) is 26.2 Å². The molecule has 0 aromatic rings. The van der Waals surface area contributed by atoms with Crippen LogP contribution in [0.25, 0.3) is 0 Å². The van der Waals surface area contributed by atoms with Gasteiger partial charge in [0.25, 0.3) is 0 Å². The van der Waals surface area contributed by atoms with Crippen molar-refractivity contribution in [2.24, 2.45) is 5.41 Å². The lowest BCUT2D eigenvalue weighted by molar-refractivity contribution is -0.128. The minimum absolute atomic E-state index is 0.190. The van der Waals surface area contributed by atoms with E-state index in [1.54, 1.807) is 0 Å². The average Bonchev–Trinajstić information content (AvgIpc) is 2.17.